The van der Waals surface area contributed by atoms with E-state index in [1.807, 2.05) is 30.0 Å². The Morgan fingerprint density at radius 1 is 1.41 bits per heavy atom. The number of amides is 1. The van der Waals surface area contributed by atoms with Crippen LogP contribution < -0.4 is 4.90 Å². The summed E-state index contributed by atoms with van der Waals surface area (Å²) >= 11 is 0. The third-order valence-corrected chi connectivity index (χ3v) is 3.30. The first-order valence-electron chi connectivity index (χ1n) is 6.31. The van der Waals surface area contributed by atoms with Gasteiger partial charge in [0.25, 0.3) is 0 Å². The van der Waals surface area contributed by atoms with Crippen LogP contribution in [-0.4, -0.2) is 18.7 Å². The summed E-state index contributed by atoms with van der Waals surface area (Å²) < 4.78 is 5.16. The van der Waals surface area contributed by atoms with Crippen molar-refractivity contribution in [1.82, 2.24) is 0 Å². The molecule has 1 unspecified atom stereocenters. The van der Waals surface area contributed by atoms with Crippen molar-refractivity contribution in [2.45, 2.75) is 39.2 Å². The zero-order chi connectivity index (χ0) is 12.3. The van der Waals surface area contributed by atoms with Crippen LogP contribution in [0, 0.1) is 0 Å². The van der Waals surface area contributed by atoms with Crippen molar-refractivity contribution in [2.24, 2.45) is 0 Å². The first kappa shape index (κ1) is 12.0. The standard InChI is InChI=1S/C14H19NO2/c1-3-12-10-9-11-7-5-6-8-13(11)15(12)14(16)17-4-2/h5-8,12H,3-4,9-10H2,1-2H3. The number of para-hydroxylation sites is 1. The summed E-state index contributed by atoms with van der Waals surface area (Å²) in [5.74, 6) is 0. The molecule has 1 aliphatic heterocycles. The fraction of sp³-hybridized carbons (Fsp3) is 0.500. The number of anilines is 1. The second-order valence-corrected chi connectivity index (χ2v) is 4.30. The SMILES string of the molecule is CCOC(=O)N1c2ccccc2CCC1CC. The van der Waals surface area contributed by atoms with Crippen molar-refractivity contribution < 1.29 is 9.53 Å². The molecule has 1 atom stereocenters. The molecule has 0 fully saturated rings. The number of carbonyl (C=O) groups is 1. The van der Waals surface area contributed by atoms with Gasteiger partial charge in [-0.05, 0) is 37.8 Å². The Morgan fingerprint density at radius 3 is 2.88 bits per heavy atom. The van der Waals surface area contributed by atoms with Crippen molar-refractivity contribution in [3.05, 3.63) is 29.8 Å². The molecule has 0 spiro atoms. The Labute approximate surface area is 102 Å². The van der Waals surface area contributed by atoms with Gasteiger partial charge in [-0.3, -0.25) is 4.90 Å². The van der Waals surface area contributed by atoms with Crippen molar-refractivity contribution in [3.8, 4) is 0 Å². The molecular formula is C14H19NO2. The highest BCUT2D eigenvalue weighted by Gasteiger charge is 2.30. The maximum absolute atomic E-state index is 12.0. The number of fused-ring (bicyclic) bond motifs is 1. The molecular weight excluding hydrogens is 214 g/mol. The molecule has 1 aromatic carbocycles. The van der Waals surface area contributed by atoms with Crippen LogP contribution in [0.3, 0.4) is 0 Å². The molecule has 0 saturated carbocycles. The maximum Gasteiger partial charge on any atom is 0.414 e. The minimum atomic E-state index is -0.216. The second-order valence-electron chi connectivity index (χ2n) is 4.30. The Bertz CT molecular complexity index is 403. The summed E-state index contributed by atoms with van der Waals surface area (Å²) in [6.07, 6.45) is 2.82. The van der Waals surface area contributed by atoms with E-state index in [0.29, 0.717) is 6.61 Å². The normalized spacial score (nSPS) is 18.7. The minimum Gasteiger partial charge on any atom is -0.449 e. The number of rotatable bonds is 2. The van der Waals surface area contributed by atoms with E-state index in [1.54, 1.807) is 0 Å². The lowest BCUT2D eigenvalue weighted by Crippen LogP contribution is -2.43. The third kappa shape index (κ3) is 2.28. The molecule has 3 nitrogen and oxygen atoms in total. The molecule has 1 aliphatic rings. The van der Waals surface area contributed by atoms with Gasteiger partial charge in [0.2, 0.25) is 0 Å². The van der Waals surface area contributed by atoms with E-state index in [0.717, 1.165) is 24.9 Å². The van der Waals surface area contributed by atoms with Gasteiger partial charge in [-0.25, -0.2) is 4.79 Å². The van der Waals surface area contributed by atoms with Gasteiger partial charge in [-0.2, -0.15) is 0 Å². The molecule has 0 bridgehead atoms. The fourth-order valence-corrected chi connectivity index (χ4v) is 2.43. The van der Waals surface area contributed by atoms with Crippen molar-refractivity contribution >= 4 is 11.8 Å². The van der Waals surface area contributed by atoms with E-state index < -0.39 is 0 Å². The van der Waals surface area contributed by atoms with Crippen LogP contribution in [0.25, 0.3) is 0 Å². The topological polar surface area (TPSA) is 29.5 Å². The molecule has 1 aromatic rings. The summed E-state index contributed by atoms with van der Waals surface area (Å²) in [4.78, 5) is 13.9. The Hall–Kier alpha value is -1.51. The zero-order valence-corrected chi connectivity index (χ0v) is 10.5. The molecule has 2 rings (SSSR count). The Balaban J connectivity index is 2.34. The second kappa shape index (κ2) is 5.21. The monoisotopic (exact) mass is 233 g/mol. The zero-order valence-electron chi connectivity index (χ0n) is 10.5. The van der Waals surface area contributed by atoms with Gasteiger partial charge in [0, 0.05) is 6.04 Å². The number of benzene rings is 1. The van der Waals surface area contributed by atoms with E-state index >= 15 is 0 Å². The van der Waals surface area contributed by atoms with E-state index in [-0.39, 0.29) is 12.1 Å². The molecule has 17 heavy (non-hydrogen) atoms. The van der Waals surface area contributed by atoms with Gasteiger partial charge in [0.1, 0.15) is 0 Å². The van der Waals surface area contributed by atoms with Crippen LogP contribution in [0.15, 0.2) is 24.3 Å². The summed E-state index contributed by atoms with van der Waals surface area (Å²) in [6, 6.07) is 8.36. The highest BCUT2D eigenvalue weighted by molar-refractivity contribution is 5.90. The summed E-state index contributed by atoms with van der Waals surface area (Å²) in [5.41, 5.74) is 2.26. The Kier molecular flexibility index (Phi) is 3.67. The van der Waals surface area contributed by atoms with Gasteiger partial charge >= 0.3 is 6.09 Å². The van der Waals surface area contributed by atoms with Crippen LogP contribution in [-0.2, 0) is 11.2 Å². The minimum absolute atomic E-state index is 0.216. The predicted molar refractivity (Wildman–Crippen MR) is 68.3 cm³/mol. The average molecular weight is 233 g/mol. The lowest BCUT2D eigenvalue weighted by molar-refractivity contribution is 0.156. The van der Waals surface area contributed by atoms with Crippen LogP contribution in [0.2, 0.25) is 0 Å². The fourth-order valence-electron chi connectivity index (χ4n) is 2.43. The van der Waals surface area contributed by atoms with Gasteiger partial charge in [-0.1, -0.05) is 25.1 Å². The highest BCUT2D eigenvalue weighted by Crippen LogP contribution is 2.32. The van der Waals surface area contributed by atoms with Crippen LogP contribution >= 0.6 is 0 Å². The quantitative estimate of drug-likeness (QED) is 0.783. The van der Waals surface area contributed by atoms with Gasteiger partial charge in [0.15, 0.2) is 0 Å². The molecule has 3 heteroatoms. The van der Waals surface area contributed by atoms with Crippen LogP contribution in [0.1, 0.15) is 32.3 Å². The predicted octanol–water partition coefficient (Wildman–Crippen LogP) is 3.37. The molecule has 1 heterocycles. The van der Waals surface area contributed by atoms with Crippen molar-refractivity contribution in [2.75, 3.05) is 11.5 Å². The molecule has 1 amide bonds. The molecule has 0 radical (unpaired) electrons. The van der Waals surface area contributed by atoms with Gasteiger partial charge in [0.05, 0.1) is 12.3 Å². The maximum atomic E-state index is 12.0. The van der Waals surface area contributed by atoms with E-state index in [2.05, 4.69) is 13.0 Å². The van der Waals surface area contributed by atoms with Gasteiger partial charge < -0.3 is 4.74 Å². The number of carbonyl (C=O) groups excluding carboxylic acids is 1. The van der Waals surface area contributed by atoms with Crippen LogP contribution in [0.5, 0.6) is 0 Å². The molecule has 92 valence electrons. The van der Waals surface area contributed by atoms with E-state index in [4.69, 9.17) is 4.74 Å². The molecule has 0 saturated heterocycles. The number of hydrogen-bond donors (Lipinski definition) is 0. The third-order valence-electron chi connectivity index (χ3n) is 3.30. The van der Waals surface area contributed by atoms with E-state index in [1.165, 1.54) is 5.56 Å². The number of ether oxygens (including phenoxy) is 1. The smallest absolute Gasteiger partial charge is 0.414 e. The lowest BCUT2D eigenvalue weighted by atomic mass is 9.95. The molecule has 0 N–H and O–H groups in total. The lowest BCUT2D eigenvalue weighted by Gasteiger charge is -2.35. The van der Waals surface area contributed by atoms with Crippen molar-refractivity contribution in [1.29, 1.82) is 0 Å². The molecule has 0 aliphatic carbocycles. The summed E-state index contributed by atoms with van der Waals surface area (Å²) in [5, 5.41) is 0. The first-order valence-corrected chi connectivity index (χ1v) is 6.31. The summed E-state index contributed by atoms with van der Waals surface area (Å²) in [6.45, 7) is 4.38. The number of aryl methyl sites for hydroxylation is 1. The Morgan fingerprint density at radius 2 is 2.18 bits per heavy atom. The van der Waals surface area contributed by atoms with Crippen LogP contribution in [0.4, 0.5) is 10.5 Å². The molecule has 0 aromatic heterocycles. The number of nitrogens with zero attached hydrogens (tertiary/aromatic N) is 1. The largest absolute Gasteiger partial charge is 0.449 e. The summed E-state index contributed by atoms with van der Waals surface area (Å²) in [7, 11) is 0. The average Bonchev–Trinajstić information content (AvgIpc) is 2.37. The van der Waals surface area contributed by atoms with E-state index in [9.17, 15) is 4.79 Å². The van der Waals surface area contributed by atoms with Gasteiger partial charge in [-0.15, -0.1) is 0 Å². The number of hydrogen-bond acceptors (Lipinski definition) is 2. The first-order chi connectivity index (χ1) is 8.27. The highest BCUT2D eigenvalue weighted by atomic mass is 16.6. The van der Waals surface area contributed by atoms with Crippen molar-refractivity contribution in [3.63, 3.8) is 0 Å².